The number of aromatic nitrogens is 3. The third-order valence-corrected chi connectivity index (χ3v) is 7.02. The average molecular weight is 533 g/mol. The second kappa shape index (κ2) is 9.58. The number of halogens is 3. The number of carbonyl (C=O) groups excluding carboxylic acids is 1. The minimum absolute atomic E-state index is 0.0253. The maximum Gasteiger partial charge on any atom is 0.501 e. The third kappa shape index (κ3) is 4.98. The summed E-state index contributed by atoms with van der Waals surface area (Å²) in [6.07, 6.45) is 1.44. The molecule has 0 spiro atoms. The second-order valence-electron chi connectivity index (χ2n) is 7.93. The van der Waals surface area contributed by atoms with Gasteiger partial charge in [-0.25, -0.2) is 22.8 Å². The maximum absolute atomic E-state index is 13.1. The zero-order valence-corrected chi connectivity index (χ0v) is 19.9. The van der Waals surface area contributed by atoms with E-state index < -0.39 is 31.8 Å². The molecule has 37 heavy (non-hydrogen) atoms. The molecule has 4 rings (SSSR count). The number of hydrogen-bond acceptors (Lipinski definition) is 6. The lowest BCUT2D eigenvalue weighted by Gasteiger charge is -2.09. The van der Waals surface area contributed by atoms with Gasteiger partial charge in [-0.15, -0.1) is 0 Å². The lowest BCUT2D eigenvalue weighted by molar-refractivity contribution is -0.0436. The Kier molecular flexibility index (Phi) is 6.65. The Bertz CT molecular complexity index is 1630. The molecule has 1 amide bonds. The molecular formula is C24H19F3N4O5S. The fraction of sp³-hybridized carbons (Fsp3) is 0.125. The lowest BCUT2D eigenvalue weighted by Crippen LogP contribution is -2.25. The van der Waals surface area contributed by atoms with E-state index in [0.717, 1.165) is 16.7 Å². The van der Waals surface area contributed by atoms with Gasteiger partial charge in [0.25, 0.3) is 15.7 Å². The molecule has 2 N–H and O–H groups in total. The lowest BCUT2D eigenvalue weighted by atomic mass is 10.2. The van der Waals surface area contributed by atoms with Crippen molar-refractivity contribution < 1.29 is 31.5 Å². The predicted octanol–water partition coefficient (Wildman–Crippen LogP) is 3.64. The van der Waals surface area contributed by atoms with Gasteiger partial charge in [-0.3, -0.25) is 9.36 Å². The van der Waals surface area contributed by atoms with Crippen molar-refractivity contribution in [3.8, 4) is 11.6 Å². The van der Waals surface area contributed by atoms with Crippen molar-refractivity contribution in [3.05, 3.63) is 100 Å². The number of sulfone groups is 1. The highest BCUT2D eigenvalue weighted by atomic mass is 32.2. The van der Waals surface area contributed by atoms with Crippen molar-refractivity contribution in [2.75, 3.05) is 5.32 Å². The second-order valence-corrected chi connectivity index (χ2v) is 9.87. The molecule has 0 aliphatic rings. The molecule has 0 fully saturated rings. The first-order chi connectivity index (χ1) is 17.4. The molecule has 0 aliphatic heterocycles. The van der Waals surface area contributed by atoms with Crippen LogP contribution in [0.15, 0.2) is 82.6 Å². The number of pyridine rings is 1. The molecule has 9 nitrogen and oxygen atoms in total. The fourth-order valence-electron chi connectivity index (χ4n) is 3.57. The molecule has 0 bridgehead atoms. The minimum Gasteiger partial charge on any atom is -0.493 e. The Labute approximate surface area is 208 Å². The number of aromatic hydroxyl groups is 1. The van der Waals surface area contributed by atoms with Crippen LogP contribution in [0.2, 0.25) is 0 Å². The fourth-order valence-corrected chi connectivity index (χ4v) is 4.33. The Hall–Kier alpha value is -4.39. The SMILES string of the molecule is Cc1c(O)n(-c2ccc(S(=O)(=O)C(F)(F)F)cc2)c(=O)n1Cc1ccnc(NC(=O)c2ccccc2)c1. The summed E-state index contributed by atoms with van der Waals surface area (Å²) in [7, 11) is -5.56. The van der Waals surface area contributed by atoms with Crippen LogP contribution in [0.4, 0.5) is 19.0 Å². The highest BCUT2D eigenvalue weighted by molar-refractivity contribution is 7.92. The number of nitrogens with one attached hydrogen (secondary N) is 1. The van der Waals surface area contributed by atoms with Gasteiger partial charge in [0.05, 0.1) is 22.8 Å². The van der Waals surface area contributed by atoms with Gasteiger partial charge < -0.3 is 10.4 Å². The first-order valence-electron chi connectivity index (χ1n) is 10.6. The summed E-state index contributed by atoms with van der Waals surface area (Å²) in [5.41, 5.74) is -5.07. The molecule has 2 aromatic heterocycles. The van der Waals surface area contributed by atoms with Gasteiger partial charge in [-0.1, -0.05) is 18.2 Å². The molecule has 2 aromatic carbocycles. The molecule has 0 unspecified atom stereocenters. The van der Waals surface area contributed by atoms with Crippen molar-refractivity contribution in [1.82, 2.24) is 14.1 Å². The van der Waals surface area contributed by atoms with E-state index in [4.69, 9.17) is 0 Å². The largest absolute Gasteiger partial charge is 0.501 e. The summed E-state index contributed by atoms with van der Waals surface area (Å²) in [5, 5.41) is 13.2. The topological polar surface area (TPSA) is 123 Å². The van der Waals surface area contributed by atoms with Gasteiger partial charge in [0.2, 0.25) is 5.88 Å². The molecule has 13 heteroatoms. The van der Waals surface area contributed by atoms with Gasteiger partial charge in [0.1, 0.15) is 5.82 Å². The summed E-state index contributed by atoms with van der Waals surface area (Å²) in [6.45, 7) is 1.44. The van der Waals surface area contributed by atoms with E-state index in [1.54, 1.807) is 42.5 Å². The number of amides is 1. The van der Waals surface area contributed by atoms with E-state index in [1.165, 1.54) is 17.7 Å². The van der Waals surface area contributed by atoms with Gasteiger partial charge in [-0.05, 0) is 61.0 Å². The van der Waals surface area contributed by atoms with Crippen molar-refractivity contribution in [1.29, 1.82) is 0 Å². The molecule has 2 heterocycles. The first-order valence-corrected chi connectivity index (χ1v) is 12.1. The van der Waals surface area contributed by atoms with Crippen LogP contribution in [-0.4, -0.2) is 39.1 Å². The Balaban J connectivity index is 1.61. The van der Waals surface area contributed by atoms with Crippen LogP contribution in [0.1, 0.15) is 21.6 Å². The Morgan fingerprint density at radius 3 is 2.32 bits per heavy atom. The van der Waals surface area contributed by atoms with Crippen LogP contribution < -0.4 is 11.0 Å². The van der Waals surface area contributed by atoms with Gasteiger partial charge in [0, 0.05) is 11.8 Å². The van der Waals surface area contributed by atoms with Crippen molar-refractivity contribution in [2.45, 2.75) is 23.9 Å². The van der Waals surface area contributed by atoms with Crippen molar-refractivity contribution >= 4 is 21.6 Å². The number of hydrogen-bond donors (Lipinski definition) is 2. The summed E-state index contributed by atoms with van der Waals surface area (Å²) < 4.78 is 63.7. The van der Waals surface area contributed by atoms with Gasteiger partial charge >= 0.3 is 11.2 Å². The summed E-state index contributed by atoms with van der Waals surface area (Å²) in [6, 6.07) is 15.0. The quantitative estimate of drug-likeness (QED) is 0.391. The Morgan fingerprint density at radius 2 is 1.70 bits per heavy atom. The number of alkyl halides is 3. The molecule has 0 atom stereocenters. The number of imidazole rings is 1. The zero-order chi connectivity index (χ0) is 27.0. The molecule has 0 aliphatic carbocycles. The normalized spacial score (nSPS) is 11.9. The summed E-state index contributed by atoms with van der Waals surface area (Å²) in [5.74, 6) is -0.608. The van der Waals surface area contributed by atoms with Crippen LogP contribution in [-0.2, 0) is 16.4 Å². The smallest absolute Gasteiger partial charge is 0.493 e. The van der Waals surface area contributed by atoms with Crippen LogP contribution in [0, 0.1) is 6.92 Å². The first kappa shape index (κ1) is 25.7. The number of rotatable bonds is 6. The molecular weight excluding hydrogens is 513 g/mol. The highest BCUT2D eigenvalue weighted by Crippen LogP contribution is 2.31. The highest BCUT2D eigenvalue weighted by Gasteiger charge is 2.46. The van der Waals surface area contributed by atoms with Gasteiger partial charge in [-0.2, -0.15) is 13.2 Å². The third-order valence-electron chi connectivity index (χ3n) is 5.52. The number of anilines is 1. The van der Waals surface area contributed by atoms with Crippen LogP contribution in [0.25, 0.3) is 5.69 Å². The van der Waals surface area contributed by atoms with E-state index in [1.807, 2.05) is 0 Å². The maximum atomic E-state index is 13.1. The predicted molar refractivity (Wildman–Crippen MR) is 127 cm³/mol. The van der Waals surface area contributed by atoms with E-state index in [9.17, 15) is 36.3 Å². The van der Waals surface area contributed by atoms with E-state index in [0.29, 0.717) is 23.3 Å². The monoisotopic (exact) mass is 532 g/mol. The van der Waals surface area contributed by atoms with Gasteiger partial charge in [0.15, 0.2) is 0 Å². The zero-order valence-electron chi connectivity index (χ0n) is 19.1. The van der Waals surface area contributed by atoms with Crippen LogP contribution in [0.3, 0.4) is 0 Å². The molecule has 0 saturated carbocycles. The van der Waals surface area contributed by atoms with E-state index in [2.05, 4.69) is 10.3 Å². The van der Waals surface area contributed by atoms with E-state index >= 15 is 0 Å². The molecule has 0 radical (unpaired) electrons. The number of carbonyl (C=O) groups is 1. The average Bonchev–Trinajstić information content (AvgIpc) is 3.07. The molecule has 0 saturated heterocycles. The van der Waals surface area contributed by atoms with E-state index in [-0.39, 0.29) is 29.7 Å². The van der Waals surface area contributed by atoms with Crippen LogP contribution >= 0.6 is 0 Å². The minimum atomic E-state index is -5.56. The van der Waals surface area contributed by atoms with Crippen molar-refractivity contribution in [2.24, 2.45) is 0 Å². The molecule has 4 aromatic rings. The Morgan fingerprint density at radius 1 is 1.05 bits per heavy atom. The molecule has 192 valence electrons. The summed E-state index contributed by atoms with van der Waals surface area (Å²) in [4.78, 5) is 28.6. The van der Waals surface area contributed by atoms with Crippen LogP contribution in [0.5, 0.6) is 5.88 Å². The summed E-state index contributed by atoms with van der Waals surface area (Å²) >= 11 is 0. The number of benzene rings is 2. The number of nitrogens with zero attached hydrogens (tertiary/aromatic N) is 3. The van der Waals surface area contributed by atoms with Crippen molar-refractivity contribution in [3.63, 3.8) is 0 Å². The standard InChI is InChI=1S/C24H19F3N4O5S/c1-15-22(33)31(18-7-9-19(10-8-18)37(35,36)24(25,26)27)23(34)30(15)14-16-11-12-28-20(13-16)29-21(32)17-5-3-2-4-6-17/h2-13,33H,14H2,1H3,(H,28,29,32).